The molecule has 0 amide bonds. The van der Waals surface area contributed by atoms with E-state index in [1.54, 1.807) is 0 Å². The number of aryl methyl sites for hydroxylation is 2. The van der Waals surface area contributed by atoms with Gasteiger partial charge < -0.3 is 10.7 Å². The van der Waals surface area contributed by atoms with Gasteiger partial charge in [-0.15, -0.1) is 0 Å². The second-order valence-electron chi connectivity index (χ2n) is 5.62. The molecule has 3 rings (SSSR count). The Morgan fingerprint density at radius 3 is 2.25 bits per heavy atom. The summed E-state index contributed by atoms with van der Waals surface area (Å²) < 4.78 is 0. The summed E-state index contributed by atoms with van der Waals surface area (Å²) in [5, 5.41) is 1.23. The second kappa shape index (κ2) is 4.80. The summed E-state index contributed by atoms with van der Waals surface area (Å²) in [6.45, 7) is 6.26. The number of hydrogen-bond donors (Lipinski definition) is 2. The smallest absolute Gasteiger partial charge is 0.0513 e. The predicted octanol–water partition coefficient (Wildman–Crippen LogP) is 4.47. The molecule has 3 aromatic rings. The van der Waals surface area contributed by atoms with Crippen molar-refractivity contribution >= 4 is 10.9 Å². The van der Waals surface area contributed by atoms with Crippen molar-refractivity contribution in [1.29, 1.82) is 0 Å². The van der Waals surface area contributed by atoms with E-state index in [9.17, 15) is 0 Å². The lowest BCUT2D eigenvalue weighted by molar-refractivity contribution is 0.828. The van der Waals surface area contributed by atoms with Crippen LogP contribution in [-0.4, -0.2) is 4.98 Å². The first-order chi connectivity index (χ1) is 9.56. The van der Waals surface area contributed by atoms with E-state index in [1.165, 1.54) is 27.6 Å². The molecule has 0 aliphatic rings. The fraction of sp³-hybridized carbons (Fsp3) is 0.222. The highest BCUT2D eigenvalue weighted by Gasteiger charge is 2.16. The van der Waals surface area contributed by atoms with Crippen LogP contribution < -0.4 is 5.73 Å². The molecule has 3 N–H and O–H groups in total. The standard InChI is InChI=1S/C18H20N2/c1-11-4-7-14(8-5-11)18-17(13(3)19)15-10-12(2)6-9-16(15)20-18/h4-10,13,20H,19H2,1-3H3. The highest BCUT2D eigenvalue weighted by Crippen LogP contribution is 2.34. The van der Waals surface area contributed by atoms with Crippen molar-refractivity contribution < 1.29 is 0 Å². The van der Waals surface area contributed by atoms with E-state index in [-0.39, 0.29) is 6.04 Å². The maximum Gasteiger partial charge on any atom is 0.0513 e. The Hall–Kier alpha value is -2.06. The van der Waals surface area contributed by atoms with Gasteiger partial charge in [-0.05, 0) is 38.5 Å². The van der Waals surface area contributed by atoms with Crippen LogP contribution >= 0.6 is 0 Å². The molecule has 0 saturated heterocycles. The molecule has 0 fully saturated rings. The number of H-pyrrole nitrogens is 1. The Balaban J connectivity index is 2.29. The molecule has 102 valence electrons. The van der Waals surface area contributed by atoms with Crippen molar-refractivity contribution in [3.8, 4) is 11.3 Å². The second-order valence-corrected chi connectivity index (χ2v) is 5.62. The SMILES string of the molecule is Cc1ccc(-c2[nH]c3ccc(C)cc3c2C(C)N)cc1. The molecule has 2 nitrogen and oxygen atoms in total. The number of hydrogen-bond acceptors (Lipinski definition) is 1. The number of nitrogens with two attached hydrogens (primary N) is 1. The molecule has 1 aromatic heterocycles. The normalized spacial score (nSPS) is 12.8. The topological polar surface area (TPSA) is 41.8 Å². The maximum absolute atomic E-state index is 6.22. The van der Waals surface area contributed by atoms with Gasteiger partial charge in [0.05, 0.1) is 5.69 Å². The van der Waals surface area contributed by atoms with Gasteiger partial charge in [0, 0.05) is 22.5 Å². The van der Waals surface area contributed by atoms with Gasteiger partial charge in [0.2, 0.25) is 0 Å². The lowest BCUT2D eigenvalue weighted by atomic mass is 9.99. The van der Waals surface area contributed by atoms with Crippen LogP contribution in [0.25, 0.3) is 22.2 Å². The summed E-state index contributed by atoms with van der Waals surface area (Å²) in [6, 6.07) is 15.0. The summed E-state index contributed by atoms with van der Waals surface area (Å²) in [5.41, 5.74) is 13.4. The molecule has 2 heteroatoms. The minimum absolute atomic E-state index is 0.00172. The third kappa shape index (κ3) is 2.12. The zero-order valence-electron chi connectivity index (χ0n) is 12.2. The van der Waals surface area contributed by atoms with Gasteiger partial charge in [0.15, 0.2) is 0 Å². The molecule has 20 heavy (non-hydrogen) atoms. The Kier molecular flexibility index (Phi) is 3.11. The summed E-state index contributed by atoms with van der Waals surface area (Å²) >= 11 is 0. The molecule has 0 aliphatic heterocycles. The molecule has 2 aromatic carbocycles. The van der Waals surface area contributed by atoms with Crippen LogP contribution in [0, 0.1) is 13.8 Å². The first-order valence-electron chi connectivity index (χ1n) is 7.01. The van der Waals surface area contributed by atoms with E-state index < -0.39 is 0 Å². The van der Waals surface area contributed by atoms with E-state index in [4.69, 9.17) is 5.73 Å². The minimum Gasteiger partial charge on any atom is -0.354 e. The Labute approximate surface area is 119 Å². The molecule has 0 saturated carbocycles. The van der Waals surface area contributed by atoms with Gasteiger partial charge in [0.1, 0.15) is 0 Å². The van der Waals surface area contributed by atoms with Gasteiger partial charge >= 0.3 is 0 Å². The van der Waals surface area contributed by atoms with Crippen molar-refractivity contribution in [3.63, 3.8) is 0 Å². The fourth-order valence-electron chi connectivity index (χ4n) is 2.75. The molecule has 0 radical (unpaired) electrons. The first-order valence-corrected chi connectivity index (χ1v) is 7.01. The Morgan fingerprint density at radius 2 is 1.60 bits per heavy atom. The van der Waals surface area contributed by atoms with Crippen molar-refractivity contribution in [2.24, 2.45) is 5.73 Å². The first kappa shape index (κ1) is 12.9. The van der Waals surface area contributed by atoms with Gasteiger partial charge in [-0.25, -0.2) is 0 Å². The van der Waals surface area contributed by atoms with Crippen LogP contribution in [0.1, 0.15) is 29.7 Å². The molecule has 0 bridgehead atoms. The average molecular weight is 264 g/mol. The molecular formula is C18H20N2. The molecule has 1 heterocycles. The molecular weight excluding hydrogens is 244 g/mol. The van der Waals surface area contributed by atoms with Crippen LogP contribution in [0.5, 0.6) is 0 Å². The van der Waals surface area contributed by atoms with Crippen LogP contribution in [0.2, 0.25) is 0 Å². The van der Waals surface area contributed by atoms with Crippen LogP contribution in [0.4, 0.5) is 0 Å². The zero-order chi connectivity index (χ0) is 14.3. The van der Waals surface area contributed by atoms with Gasteiger partial charge in [-0.3, -0.25) is 0 Å². The average Bonchev–Trinajstić information content (AvgIpc) is 2.78. The summed E-state index contributed by atoms with van der Waals surface area (Å²) in [5.74, 6) is 0. The van der Waals surface area contributed by atoms with Crippen molar-refractivity contribution in [2.75, 3.05) is 0 Å². The number of fused-ring (bicyclic) bond motifs is 1. The lowest BCUT2D eigenvalue weighted by Gasteiger charge is -2.09. The number of nitrogens with one attached hydrogen (secondary N) is 1. The number of rotatable bonds is 2. The summed E-state index contributed by atoms with van der Waals surface area (Å²) in [4.78, 5) is 3.53. The molecule has 1 atom stereocenters. The van der Waals surface area contributed by atoms with E-state index in [1.807, 2.05) is 6.92 Å². The number of aromatic amines is 1. The van der Waals surface area contributed by atoms with Crippen LogP contribution in [0.3, 0.4) is 0 Å². The monoisotopic (exact) mass is 264 g/mol. The van der Waals surface area contributed by atoms with E-state index in [2.05, 4.69) is 61.3 Å². The highest BCUT2D eigenvalue weighted by atomic mass is 14.7. The van der Waals surface area contributed by atoms with Crippen LogP contribution in [0.15, 0.2) is 42.5 Å². The summed E-state index contributed by atoms with van der Waals surface area (Å²) in [7, 11) is 0. The van der Waals surface area contributed by atoms with Gasteiger partial charge in [0.25, 0.3) is 0 Å². The zero-order valence-corrected chi connectivity index (χ0v) is 12.2. The highest BCUT2D eigenvalue weighted by molar-refractivity contribution is 5.91. The third-order valence-corrected chi connectivity index (χ3v) is 3.79. The largest absolute Gasteiger partial charge is 0.354 e. The fourth-order valence-corrected chi connectivity index (χ4v) is 2.75. The predicted molar refractivity (Wildman–Crippen MR) is 85.8 cm³/mol. The lowest BCUT2D eigenvalue weighted by Crippen LogP contribution is -2.05. The van der Waals surface area contributed by atoms with Gasteiger partial charge in [-0.2, -0.15) is 0 Å². The molecule has 0 spiro atoms. The van der Waals surface area contributed by atoms with Crippen molar-refractivity contribution in [3.05, 3.63) is 59.2 Å². The van der Waals surface area contributed by atoms with Crippen molar-refractivity contribution in [2.45, 2.75) is 26.8 Å². The van der Waals surface area contributed by atoms with Crippen LogP contribution in [-0.2, 0) is 0 Å². The Bertz CT molecular complexity index is 749. The van der Waals surface area contributed by atoms with E-state index in [0.29, 0.717) is 0 Å². The van der Waals surface area contributed by atoms with E-state index >= 15 is 0 Å². The Morgan fingerprint density at radius 1 is 0.950 bits per heavy atom. The van der Waals surface area contributed by atoms with Gasteiger partial charge in [-0.1, -0.05) is 41.5 Å². The number of benzene rings is 2. The third-order valence-electron chi connectivity index (χ3n) is 3.79. The quantitative estimate of drug-likeness (QED) is 0.704. The minimum atomic E-state index is 0.00172. The maximum atomic E-state index is 6.22. The molecule has 1 unspecified atom stereocenters. The van der Waals surface area contributed by atoms with Crippen molar-refractivity contribution in [1.82, 2.24) is 4.98 Å². The van der Waals surface area contributed by atoms with E-state index in [0.717, 1.165) is 11.2 Å². The number of aromatic nitrogens is 1. The summed E-state index contributed by atoms with van der Waals surface area (Å²) in [6.07, 6.45) is 0. The molecule has 0 aliphatic carbocycles.